The van der Waals surface area contributed by atoms with E-state index in [1.165, 1.54) is 4.90 Å². The number of likely N-dealkylation sites (N-methyl/N-ethyl adjacent to an activating group) is 1. The molecule has 0 unspecified atom stereocenters. The second kappa shape index (κ2) is 7.94. The van der Waals surface area contributed by atoms with Crippen molar-refractivity contribution in [1.82, 2.24) is 4.90 Å². The van der Waals surface area contributed by atoms with Crippen molar-refractivity contribution >= 4 is 23.3 Å². The number of carbonyl (C=O) groups is 3. The SMILES string of the molecule is CCN(CC)C(=O)CN1C(=O)[C@@](O)(CC(=O)c2ccccc2)c2ccccc21. The van der Waals surface area contributed by atoms with Crippen LogP contribution in [0.1, 0.15) is 36.2 Å². The zero-order chi connectivity index (χ0) is 20.3. The molecule has 1 N–H and O–H groups in total. The molecule has 0 fully saturated rings. The maximum Gasteiger partial charge on any atom is 0.264 e. The third-order valence-electron chi connectivity index (χ3n) is 5.16. The quantitative estimate of drug-likeness (QED) is 0.748. The monoisotopic (exact) mass is 380 g/mol. The molecule has 2 amide bonds. The van der Waals surface area contributed by atoms with E-state index < -0.39 is 11.5 Å². The molecule has 6 nitrogen and oxygen atoms in total. The van der Waals surface area contributed by atoms with Crippen molar-refractivity contribution in [3.63, 3.8) is 0 Å². The van der Waals surface area contributed by atoms with Gasteiger partial charge < -0.3 is 10.0 Å². The van der Waals surface area contributed by atoms with Crippen LogP contribution in [-0.4, -0.2) is 47.2 Å². The summed E-state index contributed by atoms with van der Waals surface area (Å²) in [6, 6.07) is 15.3. The van der Waals surface area contributed by atoms with Crippen molar-refractivity contribution in [2.45, 2.75) is 25.9 Å². The van der Waals surface area contributed by atoms with Crippen LogP contribution in [0.5, 0.6) is 0 Å². The summed E-state index contributed by atoms with van der Waals surface area (Å²) in [6.07, 6.45) is -0.372. The summed E-state index contributed by atoms with van der Waals surface area (Å²) in [6.45, 7) is 4.65. The van der Waals surface area contributed by atoms with E-state index in [2.05, 4.69) is 0 Å². The van der Waals surface area contributed by atoms with Crippen LogP contribution in [0.2, 0.25) is 0 Å². The summed E-state index contributed by atoms with van der Waals surface area (Å²) in [7, 11) is 0. The lowest BCUT2D eigenvalue weighted by molar-refractivity contribution is -0.138. The van der Waals surface area contributed by atoms with Crippen LogP contribution in [0.4, 0.5) is 5.69 Å². The molecule has 2 aromatic carbocycles. The van der Waals surface area contributed by atoms with Crippen LogP contribution in [0.15, 0.2) is 54.6 Å². The highest BCUT2D eigenvalue weighted by Gasteiger charge is 2.51. The highest BCUT2D eigenvalue weighted by atomic mass is 16.3. The molecule has 0 aliphatic carbocycles. The number of rotatable bonds is 7. The van der Waals surface area contributed by atoms with Gasteiger partial charge in [0.1, 0.15) is 6.54 Å². The van der Waals surface area contributed by atoms with Gasteiger partial charge in [-0.2, -0.15) is 0 Å². The molecule has 3 rings (SSSR count). The number of nitrogens with zero attached hydrogens (tertiary/aromatic N) is 2. The smallest absolute Gasteiger partial charge is 0.264 e. The van der Waals surface area contributed by atoms with E-state index in [4.69, 9.17) is 0 Å². The van der Waals surface area contributed by atoms with E-state index in [0.717, 1.165) is 0 Å². The third kappa shape index (κ3) is 3.43. The normalized spacial score (nSPS) is 18.1. The molecule has 1 heterocycles. The minimum Gasteiger partial charge on any atom is -0.375 e. The van der Waals surface area contributed by atoms with Gasteiger partial charge in [-0.3, -0.25) is 19.3 Å². The lowest BCUT2D eigenvalue weighted by Gasteiger charge is -2.25. The van der Waals surface area contributed by atoms with Crippen molar-refractivity contribution in [3.05, 3.63) is 65.7 Å². The highest BCUT2D eigenvalue weighted by molar-refractivity contribution is 6.12. The van der Waals surface area contributed by atoms with Gasteiger partial charge in [0, 0.05) is 24.2 Å². The minimum absolute atomic E-state index is 0.167. The van der Waals surface area contributed by atoms with Crippen molar-refractivity contribution in [2.75, 3.05) is 24.5 Å². The van der Waals surface area contributed by atoms with E-state index in [9.17, 15) is 19.5 Å². The van der Waals surface area contributed by atoms with Gasteiger partial charge in [0.25, 0.3) is 5.91 Å². The topological polar surface area (TPSA) is 77.9 Å². The van der Waals surface area contributed by atoms with Crippen LogP contribution >= 0.6 is 0 Å². The van der Waals surface area contributed by atoms with Crippen molar-refractivity contribution in [3.8, 4) is 0 Å². The number of amides is 2. The molecule has 146 valence electrons. The average Bonchev–Trinajstić information content (AvgIpc) is 2.92. The number of aliphatic hydroxyl groups is 1. The molecule has 1 aliphatic rings. The van der Waals surface area contributed by atoms with Crippen molar-refractivity contribution in [2.24, 2.45) is 0 Å². The van der Waals surface area contributed by atoms with E-state index in [0.29, 0.717) is 29.9 Å². The van der Waals surface area contributed by atoms with E-state index in [-0.39, 0.29) is 24.7 Å². The molecule has 2 aromatic rings. The lowest BCUT2D eigenvalue weighted by atomic mass is 9.88. The van der Waals surface area contributed by atoms with E-state index in [1.807, 2.05) is 13.8 Å². The van der Waals surface area contributed by atoms with Crippen LogP contribution in [0.25, 0.3) is 0 Å². The predicted molar refractivity (Wildman–Crippen MR) is 106 cm³/mol. The summed E-state index contributed by atoms with van der Waals surface area (Å²) in [4.78, 5) is 41.3. The summed E-state index contributed by atoms with van der Waals surface area (Å²) < 4.78 is 0. The highest BCUT2D eigenvalue weighted by Crippen LogP contribution is 2.42. The predicted octanol–water partition coefficient (Wildman–Crippen LogP) is 2.36. The molecule has 1 atom stereocenters. The number of para-hydroxylation sites is 1. The van der Waals surface area contributed by atoms with Crippen molar-refractivity contribution in [1.29, 1.82) is 0 Å². The van der Waals surface area contributed by atoms with Gasteiger partial charge in [0.05, 0.1) is 12.1 Å². The number of anilines is 1. The van der Waals surface area contributed by atoms with Gasteiger partial charge in [-0.05, 0) is 19.9 Å². The fourth-order valence-corrected chi connectivity index (χ4v) is 3.60. The third-order valence-corrected chi connectivity index (χ3v) is 5.16. The van der Waals surface area contributed by atoms with E-state index in [1.54, 1.807) is 59.5 Å². The zero-order valence-electron chi connectivity index (χ0n) is 16.1. The zero-order valence-corrected chi connectivity index (χ0v) is 16.1. The number of hydrogen-bond donors (Lipinski definition) is 1. The Morgan fingerprint density at radius 2 is 1.61 bits per heavy atom. The molecule has 0 saturated heterocycles. The molecule has 0 spiro atoms. The molecule has 28 heavy (non-hydrogen) atoms. The molecular formula is C22H24N2O4. The molecule has 0 radical (unpaired) electrons. The standard InChI is InChI=1S/C22H24N2O4/c1-3-23(4-2)20(26)15-24-18-13-9-8-12-17(18)22(28,21(24)27)14-19(25)16-10-6-5-7-11-16/h5-13,28H,3-4,14-15H2,1-2H3/t22-/m1/s1. The van der Waals surface area contributed by atoms with Gasteiger partial charge in [0.2, 0.25) is 5.91 Å². The van der Waals surface area contributed by atoms with Crippen LogP contribution in [0.3, 0.4) is 0 Å². The first kappa shape index (κ1) is 19.8. The summed E-state index contributed by atoms with van der Waals surface area (Å²) in [5.74, 6) is -1.17. The number of Topliss-reactive ketones (excluding diaryl/α,β-unsaturated/α-hetero) is 1. The Balaban J connectivity index is 1.92. The van der Waals surface area contributed by atoms with Gasteiger partial charge in [-0.15, -0.1) is 0 Å². The number of hydrogen-bond acceptors (Lipinski definition) is 4. The largest absolute Gasteiger partial charge is 0.375 e. The lowest BCUT2D eigenvalue weighted by Crippen LogP contribution is -2.46. The summed E-state index contributed by atoms with van der Waals surface area (Å²) in [5.41, 5.74) is -0.723. The van der Waals surface area contributed by atoms with Gasteiger partial charge in [-0.25, -0.2) is 0 Å². The average molecular weight is 380 g/mol. The number of ketones is 1. The fourth-order valence-electron chi connectivity index (χ4n) is 3.60. The van der Waals surface area contributed by atoms with Crippen molar-refractivity contribution < 1.29 is 19.5 Å². The second-order valence-electron chi connectivity index (χ2n) is 6.80. The first-order valence-electron chi connectivity index (χ1n) is 9.42. The van der Waals surface area contributed by atoms with E-state index >= 15 is 0 Å². The Morgan fingerprint density at radius 3 is 2.25 bits per heavy atom. The summed E-state index contributed by atoms with van der Waals surface area (Å²) >= 11 is 0. The molecular weight excluding hydrogens is 356 g/mol. The Labute approximate surface area is 164 Å². The Bertz CT molecular complexity index is 892. The molecule has 0 aromatic heterocycles. The first-order chi connectivity index (χ1) is 13.4. The molecule has 1 aliphatic heterocycles. The Morgan fingerprint density at radius 1 is 1.00 bits per heavy atom. The molecule has 6 heteroatoms. The first-order valence-corrected chi connectivity index (χ1v) is 9.42. The number of carbonyl (C=O) groups excluding carboxylic acids is 3. The second-order valence-corrected chi connectivity index (χ2v) is 6.80. The van der Waals surface area contributed by atoms with Gasteiger partial charge in [-0.1, -0.05) is 48.5 Å². The molecule has 0 bridgehead atoms. The van der Waals surface area contributed by atoms with Gasteiger partial charge >= 0.3 is 0 Å². The maximum absolute atomic E-state index is 13.1. The maximum atomic E-state index is 13.1. The Kier molecular flexibility index (Phi) is 5.61. The fraction of sp³-hybridized carbons (Fsp3) is 0.318. The molecule has 0 saturated carbocycles. The van der Waals surface area contributed by atoms with Crippen LogP contribution in [0, 0.1) is 0 Å². The number of fused-ring (bicyclic) bond motifs is 1. The summed E-state index contributed by atoms with van der Waals surface area (Å²) in [5, 5.41) is 11.2. The Hall–Kier alpha value is -2.99. The van der Waals surface area contributed by atoms with Crippen LogP contribution in [-0.2, 0) is 15.2 Å². The van der Waals surface area contributed by atoms with Crippen LogP contribution < -0.4 is 4.90 Å². The van der Waals surface area contributed by atoms with Gasteiger partial charge in [0.15, 0.2) is 11.4 Å². The minimum atomic E-state index is -1.98. The number of benzene rings is 2.